The first-order valence-electron chi connectivity index (χ1n) is 6.97. The number of hydrogen-bond acceptors (Lipinski definition) is 3. The molecular formula is C17H15Br2NO2. The molecule has 1 atom stereocenters. The zero-order valence-corrected chi connectivity index (χ0v) is 15.2. The average Bonchev–Trinajstić information content (AvgIpc) is 2.54. The van der Waals surface area contributed by atoms with Gasteiger partial charge in [0, 0.05) is 8.95 Å². The summed E-state index contributed by atoms with van der Waals surface area (Å²) in [5.74, 6) is 0.567. The molecule has 5 heteroatoms. The summed E-state index contributed by atoms with van der Waals surface area (Å²) < 4.78 is 13.7. The van der Waals surface area contributed by atoms with Crippen molar-refractivity contribution in [3.8, 4) is 0 Å². The molecule has 0 bridgehead atoms. The maximum Gasteiger partial charge on any atom is 0.226 e. The molecule has 3 nitrogen and oxygen atoms in total. The van der Waals surface area contributed by atoms with Crippen LogP contribution in [0.25, 0.3) is 0 Å². The van der Waals surface area contributed by atoms with Gasteiger partial charge in [0.25, 0.3) is 0 Å². The average molecular weight is 425 g/mol. The summed E-state index contributed by atoms with van der Waals surface area (Å²) in [7, 11) is 0. The lowest BCUT2D eigenvalue weighted by Crippen LogP contribution is -2.43. The van der Waals surface area contributed by atoms with Gasteiger partial charge in [-0.1, -0.05) is 36.4 Å². The van der Waals surface area contributed by atoms with Crippen molar-refractivity contribution in [1.29, 1.82) is 0 Å². The minimum atomic E-state index is -0.686. The van der Waals surface area contributed by atoms with Gasteiger partial charge in [-0.2, -0.15) is 0 Å². The van der Waals surface area contributed by atoms with Crippen LogP contribution in [-0.2, 0) is 15.1 Å². The van der Waals surface area contributed by atoms with Gasteiger partial charge in [0.1, 0.15) is 6.61 Å². The van der Waals surface area contributed by atoms with Gasteiger partial charge >= 0.3 is 0 Å². The second kappa shape index (κ2) is 6.52. The summed E-state index contributed by atoms with van der Waals surface area (Å²) in [6.45, 7) is 3.04. The van der Waals surface area contributed by atoms with E-state index >= 15 is 0 Å². The molecule has 0 aliphatic carbocycles. The van der Waals surface area contributed by atoms with Crippen LogP contribution in [0, 0.1) is 0 Å². The van der Waals surface area contributed by atoms with Crippen LogP contribution >= 0.6 is 31.9 Å². The Kier molecular flexibility index (Phi) is 4.66. The molecule has 1 unspecified atom stereocenters. The molecule has 1 aliphatic heterocycles. The van der Waals surface area contributed by atoms with E-state index < -0.39 is 5.60 Å². The van der Waals surface area contributed by atoms with E-state index in [-0.39, 0.29) is 0 Å². The molecule has 0 amide bonds. The summed E-state index contributed by atoms with van der Waals surface area (Å²) in [4.78, 5) is 4.72. The van der Waals surface area contributed by atoms with Crippen molar-refractivity contribution in [2.24, 2.45) is 4.99 Å². The van der Waals surface area contributed by atoms with Crippen molar-refractivity contribution >= 4 is 43.4 Å². The number of rotatable bonds is 2. The lowest BCUT2D eigenvalue weighted by Gasteiger charge is -2.35. The molecule has 3 rings (SSSR count). The predicted octanol–water partition coefficient (Wildman–Crippen LogP) is 5.20. The molecule has 1 aliphatic rings. The highest BCUT2D eigenvalue weighted by molar-refractivity contribution is 9.11. The first kappa shape index (κ1) is 15.7. The Hall–Kier alpha value is -1.17. The Morgan fingerprint density at radius 2 is 1.64 bits per heavy atom. The highest BCUT2D eigenvalue weighted by Crippen LogP contribution is 2.37. The quantitative estimate of drug-likeness (QED) is 0.662. The molecule has 22 heavy (non-hydrogen) atoms. The number of hydrogen-bond donors (Lipinski definition) is 0. The molecule has 0 radical (unpaired) electrons. The zero-order chi connectivity index (χ0) is 15.6. The van der Waals surface area contributed by atoms with Crippen molar-refractivity contribution in [2.75, 3.05) is 13.2 Å². The molecule has 2 aromatic rings. The van der Waals surface area contributed by atoms with Gasteiger partial charge in [-0.25, -0.2) is 4.99 Å². The molecular weight excluding hydrogens is 410 g/mol. The molecule has 0 N–H and O–H groups in total. The van der Waals surface area contributed by atoms with Crippen molar-refractivity contribution in [3.05, 3.63) is 63.0 Å². The molecule has 1 saturated heterocycles. The standard InChI is InChI=1S/C17H15Br2NO2/c1-17(12-6-3-2-4-7-12)16(21-10-11-22-17)20-15-13(18)8-5-9-14(15)19/h2-9H,10-11H2,1H3. The van der Waals surface area contributed by atoms with Gasteiger partial charge < -0.3 is 9.47 Å². The molecule has 1 heterocycles. The third-order valence-electron chi connectivity index (χ3n) is 3.60. The fourth-order valence-electron chi connectivity index (χ4n) is 2.38. The number of para-hydroxylation sites is 1. The monoisotopic (exact) mass is 423 g/mol. The largest absolute Gasteiger partial charge is 0.476 e. The van der Waals surface area contributed by atoms with Crippen LogP contribution in [0.15, 0.2) is 62.5 Å². The van der Waals surface area contributed by atoms with E-state index in [2.05, 4.69) is 31.9 Å². The highest BCUT2D eigenvalue weighted by Gasteiger charge is 2.38. The van der Waals surface area contributed by atoms with Crippen LogP contribution in [-0.4, -0.2) is 19.1 Å². The topological polar surface area (TPSA) is 30.8 Å². The minimum Gasteiger partial charge on any atom is -0.476 e. The predicted molar refractivity (Wildman–Crippen MR) is 94.6 cm³/mol. The number of aliphatic imine (C=N–C) groups is 1. The van der Waals surface area contributed by atoms with Crippen molar-refractivity contribution in [2.45, 2.75) is 12.5 Å². The lowest BCUT2D eigenvalue weighted by molar-refractivity contribution is -0.0505. The van der Waals surface area contributed by atoms with Crippen LogP contribution < -0.4 is 0 Å². The second-order valence-electron chi connectivity index (χ2n) is 5.08. The zero-order valence-electron chi connectivity index (χ0n) is 12.1. The van der Waals surface area contributed by atoms with Gasteiger partial charge in [-0.05, 0) is 56.5 Å². The van der Waals surface area contributed by atoms with E-state index in [9.17, 15) is 0 Å². The van der Waals surface area contributed by atoms with Crippen LogP contribution in [0.5, 0.6) is 0 Å². The second-order valence-corrected chi connectivity index (χ2v) is 6.79. The number of nitrogens with zero attached hydrogens (tertiary/aromatic N) is 1. The Balaban J connectivity index is 2.09. The van der Waals surface area contributed by atoms with E-state index in [1.165, 1.54) is 0 Å². The summed E-state index contributed by atoms with van der Waals surface area (Å²) in [5, 5.41) is 0. The number of halogens is 2. The van der Waals surface area contributed by atoms with E-state index in [4.69, 9.17) is 14.5 Å². The Labute approximate surface area is 146 Å². The maximum absolute atomic E-state index is 6.03. The van der Waals surface area contributed by atoms with E-state index in [0.29, 0.717) is 19.1 Å². The summed E-state index contributed by atoms with van der Waals surface area (Å²) in [5.41, 5.74) is 1.13. The van der Waals surface area contributed by atoms with Crippen LogP contribution in [0.4, 0.5) is 5.69 Å². The highest BCUT2D eigenvalue weighted by atomic mass is 79.9. The van der Waals surface area contributed by atoms with Gasteiger partial charge in [-0.15, -0.1) is 0 Å². The normalized spacial score (nSPS) is 23.3. The minimum absolute atomic E-state index is 0.503. The smallest absolute Gasteiger partial charge is 0.226 e. The van der Waals surface area contributed by atoms with Gasteiger partial charge in [0.15, 0.2) is 5.60 Å². The lowest BCUT2D eigenvalue weighted by atomic mass is 9.94. The molecule has 1 fully saturated rings. The van der Waals surface area contributed by atoms with Crippen molar-refractivity contribution in [3.63, 3.8) is 0 Å². The molecule has 0 aromatic heterocycles. The molecule has 114 valence electrons. The fraction of sp³-hybridized carbons (Fsp3) is 0.235. The third-order valence-corrected chi connectivity index (χ3v) is 4.88. The Morgan fingerprint density at radius 3 is 2.32 bits per heavy atom. The van der Waals surface area contributed by atoms with Gasteiger partial charge in [-0.3, -0.25) is 0 Å². The van der Waals surface area contributed by atoms with Crippen LogP contribution in [0.3, 0.4) is 0 Å². The Bertz CT molecular complexity index is 683. The SMILES string of the molecule is CC1(c2ccccc2)OCCOC1=Nc1c(Br)cccc1Br. The van der Waals surface area contributed by atoms with Crippen molar-refractivity contribution < 1.29 is 9.47 Å². The molecule has 0 saturated carbocycles. The van der Waals surface area contributed by atoms with Crippen molar-refractivity contribution in [1.82, 2.24) is 0 Å². The van der Waals surface area contributed by atoms with Crippen LogP contribution in [0.2, 0.25) is 0 Å². The van der Waals surface area contributed by atoms with E-state index in [1.807, 2.05) is 55.5 Å². The van der Waals surface area contributed by atoms with E-state index in [1.54, 1.807) is 0 Å². The summed E-state index contributed by atoms with van der Waals surface area (Å²) >= 11 is 7.07. The Morgan fingerprint density at radius 1 is 0.955 bits per heavy atom. The summed E-state index contributed by atoms with van der Waals surface area (Å²) in [6.07, 6.45) is 0. The first-order valence-corrected chi connectivity index (χ1v) is 8.55. The third kappa shape index (κ3) is 2.98. The molecule has 0 spiro atoms. The van der Waals surface area contributed by atoms with Crippen LogP contribution in [0.1, 0.15) is 12.5 Å². The van der Waals surface area contributed by atoms with Gasteiger partial charge in [0.05, 0.1) is 12.3 Å². The first-order chi connectivity index (χ1) is 10.6. The summed E-state index contributed by atoms with van der Waals surface area (Å²) in [6, 6.07) is 15.9. The number of ether oxygens (including phenoxy) is 2. The molecule has 2 aromatic carbocycles. The maximum atomic E-state index is 6.03. The van der Waals surface area contributed by atoms with E-state index in [0.717, 1.165) is 20.2 Å². The van der Waals surface area contributed by atoms with Gasteiger partial charge in [0.2, 0.25) is 5.90 Å². The fourth-order valence-corrected chi connectivity index (χ4v) is 3.56. The number of benzene rings is 2.